The molecule has 2 aliphatic rings. The minimum Gasteiger partial charge on any atom is -0.493 e. The number of fused-ring (bicyclic) bond motifs is 3. The smallest absolute Gasteiger partial charge is 0.218 e. The Bertz CT molecular complexity index is 1550. The molecule has 3 aromatic carbocycles. The van der Waals surface area contributed by atoms with Gasteiger partial charge < -0.3 is 20.2 Å². The van der Waals surface area contributed by atoms with Gasteiger partial charge in [0.05, 0.1) is 23.6 Å². The van der Waals surface area contributed by atoms with Crippen LogP contribution in [-0.4, -0.2) is 44.4 Å². The van der Waals surface area contributed by atoms with Gasteiger partial charge in [0.25, 0.3) is 0 Å². The first-order valence-electron chi connectivity index (χ1n) is 12.5. The standard InChI is InChI=1S/C30H30FN3O3/c1-16-24(29(37)34(32-16)19-12-10-18(31)11-13-19)25-27(35)21(28(25)36)15-23-30(2,3)26-20-8-6-5-7-17(20)9-14-22(26)33(23)4/h5-15,21,25,27-28,35-37H,1-4H3. The van der Waals surface area contributed by atoms with Crippen LogP contribution in [0.5, 0.6) is 5.88 Å². The summed E-state index contributed by atoms with van der Waals surface area (Å²) in [6, 6.07) is 18.2. The van der Waals surface area contributed by atoms with Crippen molar-refractivity contribution in [2.24, 2.45) is 5.92 Å². The number of aryl methyl sites for hydroxylation is 1. The third kappa shape index (κ3) is 3.34. The van der Waals surface area contributed by atoms with Crippen LogP contribution < -0.4 is 4.90 Å². The van der Waals surface area contributed by atoms with E-state index in [1.165, 1.54) is 45.3 Å². The van der Waals surface area contributed by atoms with E-state index in [0.29, 0.717) is 16.9 Å². The molecule has 1 aliphatic carbocycles. The molecule has 3 N–H and O–H groups in total. The number of allylic oxidation sites excluding steroid dienone is 1. The van der Waals surface area contributed by atoms with Gasteiger partial charge in [0.15, 0.2) is 0 Å². The number of hydrogen-bond acceptors (Lipinski definition) is 5. The molecular formula is C30H30FN3O3. The maximum Gasteiger partial charge on any atom is 0.218 e. The molecule has 2 atom stereocenters. The fourth-order valence-electron chi connectivity index (χ4n) is 6.33. The van der Waals surface area contributed by atoms with Gasteiger partial charge in [-0.3, -0.25) is 0 Å². The zero-order valence-corrected chi connectivity index (χ0v) is 21.2. The lowest BCUT2D eigenvalue weighted by Crippen LogP contribution is -2.53. The molecular weight excluding hydrogens is 469 g/mol. The van der Waals surface area contributed by atoms with E-state index in [9.17, 15) is 19.7 Å². The van der Waals surface area contributed by atoms with E-state index in [1.807, 2.05) is 25.3 Å². The van der Waals surface area contributed by atoms with E-state index in [1.54, 1.807) is 6.92 Å². The van der Waals surface area contributed by atoms with Crippen LogP contribution in [0.3, 0.4) is 0 Å². The molecule has 4 aromatic rings. The average molecular weight is 500 g/mol. The highest BCUT2D eigenvalue weighted by molar-refractivity contribution is 5.94. The van der Waals surface area contributed by atoms with Crippen molar-refractivity contribution in [2.45, 2.75) is 44.3 Å². The van der Waals surface area contributed by atoms with E-state index in [-0.39, 0.29) is 17.1 Å². The minimum absolute atomic E-state index is 0.157. The van der Waals surface area contributed by atoms with Gasteiger partial charge in [0.2, 0.25) is 5.88 Å². The van der Waals surface area contributed by atoms with Gasteiger partial charge in [-0.15, -0.1) is 0 Å². The molecule has 6 nitrogen and oxygen atoms in total. The second kappa shape index (κ2) is 8.16. The summed E-state index contributed by atoms with van der Waals surface area (Å²) in [5.74, 6) is -1.73. The molecule has 1 aliphatic heterocycles. The summed E-state index contributed by atoms with van der Waals surface area (Å²) in [6.45, 7) is 6.08. The van der Waals surface area contributed by atoms with Gasteiger partial charge in [-0.2, -0.15) is 5.10 Å². The molecule has 0 bridgehead atoms. The van der Waals surface area contributed by atoms with Crippen LogP contribution in [0.4, 0.5) is 10.1 Å². The largest absolute Gasteiger partial charge is 0.493 e. The van der Waals surface area contributed by atoms with E-state index in [0.717, 1.165) is 11.4 Å². The number of likely N-dealkylation sites (N-methyl/N-ethyl adjacent to an activating group) is 1. The van der Waals surface area contributed by atoms with Crippen LogP contribution in [0.25, 0.3) is 16.5 Å². The Labute approximate surface area is 214 Å². The van der Waals surface area contributed by atoms with Gasteiger partial charge in [0.1, 0.15) is 5.82 Å². The summed E-state index contributed by atoms with van der Waals surface area (Å²) in [4.78, 5) is 2.14. The first-order chi connectivity index (χ1) is 17.6. The van der Waals surface area contributed by atoms with E-state index >= 15 is 0 Å². The number of halogens is 1. The lowest BCUT2D eigenvalue weighted by atomic mass is 9.64. The number of aromatic nitrogens is 2. The van der Waals surface area contributed by atoms with Crippen LogP contribution >= 0.6 is 0 Å². The van der Waals surface area contributed by atoms with Gasteiger partial charge in [-0.1, -0.05) is 50.3 Å². The van der Waals surface area contributed by atoms with Crippen molar-refractivity contribution < 1.29 is 19.7 Å². The van der Waals surface area contributed by atoms with Gasteiger partial charge in [0, 0.05) is 41.2 Å². The summed E-state index contributed by atoms with van der Waals surface area (Å²) >= 11 is 0. The number of aliphatic hydroxyl groups excluding tert-OH is 2. The molecule has 190 valence electrons. The topological polar surface area (TPSA) is 81.8 Å². The highest BCUT2D eigenvalue weighted by Gasteiger charge is 2.52. The molecule has 0 saturated heterocycles. The van der Waals surface area contributed by atoms with Crippen molar-refractivity contribution in [2.75, 3.05) is 11.9 Å². The number of benzene rings is 3. The van der Waals surface area contributed by atoms with Crippen molar-refractivity contribution >= 4 is 16.5 Å². The zero-order valence-electron chi connectivity index (χ0n) is 21.2. The fraction of sp³-hybridized carbons (Fsp3) is 0.300. The number of anilines is 1. The monoisotopic (exact) mass is 499 g/mol. The third-order valence-corrected chi connectivity index (χ3v) is 8.26. The predicted octanol–water partition coefficient (Wildman–Crippen LogP) is 4.93. The Morgan fingerprint density at radius 3 is 2.35 bits per heavy atom. The van der Waals surface area contributed by atoms with Gasteiger partial charge in [-0.25, -0.2) is 9.07 Å². The van der Waals surface area contributed by atoms with Crippen LogP contribution in [0.15, 0.2) is 72.4 Å². The second-order valence-electron chi connectivity index (χ2n) is 10.7. The summed E-state index contributed by atoms with van der Waals surface area (Å²) in [6.07, 6.45) is 0.183. The summed E-state index contributed by atoms with van der Waals surface area (Å²) < 4.78 is 14.7. The Kier molecular flexibility index (Phi) is 5.23. The molecule has 2 unspecified atom stereocenters. The predicted molar refractivity (Wildman–Crippen MR) is 142 cm³/mol. The van der Waals surface area contributed by atoms with Crippen molar-refractivity contribution in [3.05, 3.63) is 95.1 Å². The number of aliphatic hydroxyl groups is 2. The lowest BCUT2D eigenvalue weighted by molar-refractivity contribution is -0.0955. The second-order valence-corrected chi connectivity index (χ2v) is 10.7. The van der Waals surface area contributed by atoms with Crippen LogP contribution in [0.2, 0.25) is 0 Å². The van der Waals surface area contributed by atoms with Crippen molar-refractivity contribution in [1.29, 1.82) is 0 Å². The molecule has 2 heterocycles. The van der Waals surface area contributed by atoms with Crippen molar-refractivity contribution in [1.82, 2.24) is 9.78 Å². The Morgan fingerprint density at radius 1 is 0.973 bits per heavy atom. The third-order valence-electron chi connectivity index (χ3n) is 8.26. The summed E-state index contributed by atoms with van der Waals surface area (Å²) in [5, 5.41) is 40.2. The van der Waals surface area contributed by atoms with Gasteiger partial charge >= 0.3 is 0 Å². The fourth-order valence-corrected chi connectivity index (χ4v) is 6.33. The van der Waals surface area contributed by atoms with Crippen molar-refractivity contribution in [3.8, 4) is 11.6 Å². The summed E-state index contributed by atoms with van der Waals surface area (Å²) in [5.41, 5.74) is 4.44. The Balaban J connectivity index is 1.34. The molecule has 1 aromatic heterocycles. The number of nitrogens with zero attached hydrogens (tertiary/aromatic N) is 3. The van der Waals surface area contributed by atoms with Crippen LogP contribution in [-0.2, 0) is 5.41 Å². The first kappa shape index (κ1) is 23.7. The van der Waals surface area contributed by atoms with E-state index in [4.69, 9.17) is 0 Å². The first-order valence-corrected chi connectivity index (χ1v) is 12.5. The van der Waals surface area contributed by atoms with Crippen LogP contribution in [0, 0.1) is 18.7 Å². The number of aromatic hydroxyl groups is 1. The lowest BCUT2D eigenvalue weighted by Gasteiger charge is -2.46. The molecule has 7 heteroatoms. The Morgan fingerprint density at radius 2 is 1.65 bits per heavy atom. The van der Waals surface area contributed by atoms with E-state index in [2.05, 4.69) is 48.1 Å². The Hall–Kier alpha value is -3.68. The highest BCUT2D eigenvalue weighted by Crippen LogP contribution is 2.53. The minimum atomic E-state index is -0.900. The summed E-state index contributed by atoms with van der Waals surface area (Å²) in [7, 11) is 2.02. The molecule has 0 spiro atoms. The SMILES string of the molecule is Cc1nn(-c2ccc(F)cc2)c(O)c1C1C(O)C(C=C2N(C)c3ccc4ccccc4c3C2(C)C)C1O. The quantitative estimate of drug-likeness (QED) is 0.373. The molecule has 1 fully saturated rings. The molecule has 1 saturated carbocycles. The highest BCUT2D eigenvalue weighted by atomic mass is 19.1. The molecule has 0 radical (unpaired) electrons. The average Bonchev–Trinajstić information content (AvgIpc) is 3.27. The van der Waals surface area contributed by atoms with Crippen LogP contribution in [0.1, 0.15) is 36.6 Å². The molecule has 6 rings (SSSR count). The van der Waals surface area contributed by atoms with Crippen molar-refractivity contribution in [3.63, 3.8) is 0 Å². The number of rotatable bonds is 3. The maximum absolute atomic E-state index is 13.4. The molecule has 0 amide bonds. The molecule has 37 heavy (non-hydrogen) atoms. The maximum atomic E-state index is 13.4. The van der Waals surface area contributed by atoms with Gasteiger partial charge in [-0.05, 0) is 53.6 Å². The normalized spacial score (nSPS) is 25.5. The number of hydrogen-bond donors (Lipinski definition) is 3. The van der Waals surface area contributed by atoms with E-state index < -0.39 is 24.0 Å². The zero-order chi connectivity index (χ0) is 26.2.